The number of carbonyl (C=O) groups excluding carboxylic acids is 1. The summed E-state index contributed by atoms with van der Waals surface area (Å²) in [7, 11) is -2.55. The van der Waals surface area contributed by atoms with Gasteiger partial charge in [-0.05, 0) is 68.3 Å². The largest absolute Gasteiger partial charge is 0.495 e. The van der Waals surface area contributed by atoms with Gasteiger partial charge in [-0.1, -0.05) is 35.9 Å². The van der Waals surface area contributed by atoms with Crippen LogP contribution in [-0.4, -0.2) is 28.0 Å². The first-order valence-electron chi connectivity index (χ1n) is 9.82. The zero-order chi connectivity index (χ0) is 22.6. The van der Waals surface area contributed by atoms with Crippen LogP contribution in [0, 0.1) is 20.8 Å². The highest BCUT2D eigenvalue weighted by Gasteiger charge is 2.29. The van der Waals surface area contributed by atoms with Crippen molar-refractivity contribution in [1.29, 1.82) is 0 Å². The van der Waals surface area contributed by atoms with Gasteiger partial charge >= 0.3 is 0 Å². The van der Waals surface area contributed by atoms with Crippen LogP contribution in [0.1, 0.15) is 16.7 Å². The Kier molecular flexibility index (Phi) is 6.65. The Balaban J connectivity index is 1.98. The number of nitrogens with zero attached hydrogens (tertiary/aromatic N) is 1. The summed E-state index contributed by atoms with van der Waals surface area (Å²) in [4.78, 5) is 13.0. The van der Waals surface area contributed by atoms with E-state index >= 15 is 0 Å². The van der Waals surface area contributed by atoms with Crippen molar-refractivity contribution >= 4 is 27.3 Å². The van der Waals surface area contributed by atoms with Gasteiger partial charge in [0.05, 0.1) is 17.7 Å². The fraction of sp³-hybridized carbons (Fsp3) is 0.208. The SMILES string of the molecule is COc1ccccc1N(CC(=O)Nc1ccc(C)c(C)c1)S(=O)(=O)c1ccc(C)cc1. The number of rotatable bonds is 7. The third-order valence-electron chi connectivity index (χ3n) is 5.04. The van der Waals surface area contributed by atoms with E-state index in [0.29, 0.717) is 17.1 Å². The van der Waals surface area contributed by atoms with Crippen LogP contribution in [0.3, 0.4) is 0 Å². The number of anilines is 2. The molecule has 0 aromatic heterocycles. The molecule has 0 atom stereocenters. The van der Waals surface area contributed by atoms with Gasteiger partial charge in [0, 0.05) is 5.69 Å². The molecular formula is C24H26N2O4S. The highest BCUT2D eigenvalue weighted by molar-refractivity contribution is 7.92. The minimum Gasteiger partial charge on any atom is -0.495 e. The third kappa shape index (κ3) is 5.06. The number of hydrogen-bond acceptors (Lipinski definition) is 4. The van der Waals surface area contributed by atoms with Crippen LogP contribution in [0.5, 0.6) is 5.75 Å². The summed E-state index contributed by atoms with van der Waals surface area (Å²) in [5.41, 5.74) is 3.99. The van der Waals surface area contributed by atoms with E-state index in [0.717, 1.165) is 21.0 Å². The molecule has 0 aliphatic rings. The molecular weight excluding hydrogens is 412 g/mol. The molecule has 3 aromatic carbocycles. The Morgan fingerprint density at radius 1 is 0.935 bits per heavy atom. The Bertz CT molecular complexity index is 1190. The van der Waals surface area contributed by atoms with Gasteiger partial charge in [0.1, 0.15) is 12.3 Å². The number of benzene rings is 3. The Morgan fingerprint density at radius 2 is 1.61 bits per heavy atom. The summed E-state index contributed by atoms with van der Waals surface area (Å²) in [5, 5.41) is 2.79. The maximum absolute atomic E-state index is 13.5. The number of aryl methyl sites for hydroxylation is 3. The quantitative estimate of drug-likeness (QED) is 0.591. The summed E-state index contributed by atoms with van der Waals surface area (Å²) >= 11 is 0. The predicted molar refractivity (Wildman–Crippen MR) is 123 cm³/mol. The molecule has 3 aromatic rings. The lowest BCUT2D eigenvalue weighted by molar-refractivity contribution is -0.114. The molecule has 0 bridgehead atoms. The van der Waals surface area contributed by atoms with Crippen molar-refractivity contribution in [2.75, 3.05) is 23.3 Å². The number of sulfonamides is 1. The Hall–Kier alpha value is -3.32. The average molecular weight is 439 g/mol. The summed E-state index contributed by atoms with van der Waals surface area (Å²) in [5.74, 6) is -0.0954. The minimum atomic E-state index is -4.01. The molecule has 0 spiro atoms. The molecule has 0 unspecified atom stereocenters. The Morgan fingerprint density at radius 3 is 2.26 bits per heavy atom. The van der Waals surface area contributed by atoms with Gasteiger partial charge in [0.25, 0.3) is 10.0 Å². The maximum Gasteiger partial charge on any atom is 0.264 e. The summed E-state index contributed by atoms with van der Waals surface area (Å²) in [6, 6.07) is 18.8. The van der Waals surface area contributed by atoms with E-state index in [9.17, 15) is 13.2 Å². The first kappa shape index (κ1) is 22.4. The molecule has 0 fully saturated rings. The first-order chi connectivity index (χ1) is 14.7. The second kappa shape index (κ2) is 9.22. The second-order valence-electron chi connectivity index (χ2n) is 7.34. The van der Waals surface area contributed by atoms with E-state index in [1.54, 1.807) is 42.5 Å². The van der Waals surface area contributed by atoms with Crippen molar-refractivity contribution in [1.82, 2.24) is 0 Å². The average Bonchev–Trinajstić information content (AvgIpc) is 2.75. The summed E-state index contributed by atoms with van der Waals surface area (Å²) in [6.07, 6.45) is 0. The molecule has 7 heteroatoms. The van der Waals surface area contributed by atoms with Crippen LogP contribution in [0.2, 0.25) is 0 Å². The van der Waals surface area contributed by atoms with Gasteiger partial charge in [0.2, 0.25) is 5.91 Å². The smallest absolute Gasteiger partial charge is 0.264 e. The van der Waals surface area contributed by atoms with Crippen molar-refractivity contribution in [3.63, 3.8) is 0 Å². The fourth-order valence-corrected chi connectivity index (χ4v) is 4.55. The topological polar surface area (TPSA) is 75.7 Å². The van der Waals surface area contributed by atoms with Crippen molar-refractivity contribution in [3.05, 3.63) is 83.4 Å². The minimum absolute atomic E-state index is 0.1000. The highest BCUT2D eigenvalue weighted by Crippen LogP contribution is 2.32. The number of nitrogens with one attached hydrogen (secondary N) is 1. The monoisotopic (exact) mass is 438 g/mol. The fourth-order valence-electron chi connectivity index (χ4n) is 3.12. The van der Waals surface area contributed by atoms with Gasteiger partial charge in [-0.3, -0.25) is 9.10 Å². The molecule has 31 heavy (non-hydrogen) atoms. The molecule has 1 amide bonds. The van der Waals surface area contributed by atoms with Gasteiger partial charge < -0.3 is 10.1 Å². The number of methoxy groups -OCH3 is 1. The van der Waals surface area contributed by atoms with Crippen LogP contribution in [0.4, 0.5) is 11.4 Å². The van der Waals surface area contributed by atoms with Crippen LogP contribution < -0.4 is 14.4 Å². The van der Waals surface area contributed by atoms with Crippen LogP contribution in [-0.2, 0) is 14.8 Å². The van der Waals surface area contributed by atoms with Crippen LogP contribution in [0.25, 0.3) is 0 Å². The number of amides is 1. The molecule has 3 rings (SSSR count). The summed E-state index contributed by atoms with van der Waals surface area (Å²) in [6.45, 7) is 5.42. The van der Waals surface area contributed by atoms with Crippen molar-refractivity contribution in [2.45, 2.75) is 25.7 Å². The number of para-hydroxylation sites is 2. The lowest BCUT2D eigenvalue weighted by Crippen LogP contribution is -2.38. The molecule has 0 radical (unpaired) electrons. The van der Waals surface area contributed by atoms with Gasteiger partial charge in [-0.15, -0.1) is 0 Å². The molecule has 0 saturated carbocycles. The number of ether oxygens (including phenoxy) is 1. The number of carbonyl (C=O) groups is 1. The van der Waals surface area contributed by atoms with Crippen molar-refractivity contribution in [2.24, 2.45) is 0 Å². The van der Waals surface area contributed by atoms with Crippen LogP contribution in [0.15, 0.2) is 71.6 Å². The first-order valence-corrected chi connectivity index (χ1v) is 11.3. The van der Waals surface area contributed by atoms with Crippen molar-refractivity contribution < 1.29 is 17.9 Å². The molecule has 1 N–H and O–H groups in total. The van der Waals surface area contributed by atoms with E-state index in [1.807, 2.05) is 32.9 Å². The van der Waals surface area contributed by atoms with Gasteiger partial charge in [-0.2, -0.15) is 0 Å². The predicted octanol–water partition coefficient (Wildman–Crippen LogP) is 4.45. The molecule has 0 aliphatic carbocycles. The lowest BCUT2D eigenvalue weighted by Gasteiger charge is -2.25. The zero-order valence-electron chi connectivity index (χ0n) is 18.0. The van der Waals surface area contributed by atoms with E-state index in [1.165, 1.54) is 19.2 Å². The van der Waals surface area contributed by atoms with E-state index in [4.69, 9.17) is 4.74 Å². The Labute approximate surface area is 183 Å². The molecule has 162 valence electrons. The van der Waals surface area contributed by atoms with Crippen molar-refractivity contribution in [3.8, 4) is 5.75 Å². The number of hydrogen-bond donors (Lipinski definition) is 1. The van der Waals surface area contributed by atoms with Gasteiger partial charge in [-0.25, -0.2) is 8.42 Å². The summed E-state index contributed by atoms with van der Waals surface area (Å²) < 4.78 is 33.4. The molecule has 0 saturated heterocycles. The van der Waals surface area contributed by atoms with Crippen LogP contribution >= 0.6 is 0 Å². The zero-order valence-corrected chi connectivity index (χ0v) is 18.9. The second-order valence-corrected chi connectivity index (χ2v) is 9.21. The van der Waals surface area contributed by atoms with E-state index in [-0.39, 0.29) is 4.90 Å². The standard InChI is InChI=1S/C24H26N2O4S/c1-17-9-13-21(14-10-17)31(28,29)26(22-7-5-6-8-23(22)30-4)16-24(27)25-20-12-11-18(2)19(3)15-20/h5-15H,16H2,1-4H3,(H,25,27). The molecule has 0 heterocycles. The molecule has 6 nitrogen and oxygen atoms in total. The molecule has 0 aliphatic heterocycles. The van der Waals surface area contributed by atoms with E-state index < -0.39 is 22.5 Å². The maximum atomic E-state index is 13.5. The third-order valence-corrected chi connectivity index (χ3v) is 6.81. The highest BCUT2D eigenvalue weighted by atomic mass is 32.2. The normalized spacial score (nSPS) is 11.1. The lowest BCUT2D eigenvalue weighted by atomic mass is 10.1. The van der Waals surface area contributed by atoms with E-state index in [2.05, 4.69) is 5.32 Å². The van der Waals surface area contributed by atoms with Gasteiger partial charge in [0.15, 0.2) is 0 Å².